The van der Waals surface area contributed by atoms with Gasteiger partial charge in [0.15, 0.2) is 5.78 Å². The highest BCUT2D eigenvalue weighted by Gasteiger charge is 2.02. The van der Waals surface area contributed by atoms with Crippen LogP contribution in [0.5, 0.6) is 0 Å². The van der Waals surface area contributed by atoms with Gasteiger partial charge in [0, 0.05) is 5.92 Å². The summed E-state index contributed by atoms with van der Waals surface area (Å²) in [6, 6.07) is 0. The molecule has 1 radical (unpaired) electrons. The third-order valence-corrected chi connectivity index (χ3v) is 0.892. The summed E-state index contributed by atoms with van der Waals surface area (Å²) < 4.78 is 0. The van der Waals surface area contributed by atoms with Crippen molar-refractivity contribution in [2.24, 2.45) is 5.92 Å². The second-order valence-corrected chi connectivity index (χ2v) is 1.88. The van der Waals surface area contributed by atoms with Crippen LogP contribution in [0.25, 0.3) is 0 Å². The molecule has 0 aromatic carbocycles. The molecule has 0 aliphatic heterocycles. The minimum Gasteiger partial charge on any atom is -0.298 e. The molecule has 0 heterocycles. The first kappa shape index (κ1) is 6.96. The van der Waals surface area contributed by atoms with E-state index in [1.54, 1.807) is 13.8 Å². The van der Waals surface area contributed by atoms with Crippen molar-refractivity contribution in [3.05, 3.63) is 5.88 Å². The lowest BCUT2D eigenvalue weighted by atomic mass is 10.1. The summed E-state index contributed by atoms with van der Waals surface area (Å²) in [5.74, 6) is 1.10. The van der Waals surface area contributed by atoms with Crippen molar-refractivity contribution in [2.45, 2.75) is 13.8 Å². The van der Waals surface area contributed by atoms with Crippen LogP contribution in [-0.2, 0) is 4.79 Å². The summed E-state index contributed by atoms with van der Waals surface area (Å²) in [5.41, 5.74) is 0. The van der Waals surface area contributed by atoms with Gasteiger partial charge < -0.3 is 0 Å². The number of hydrogen-bond donors (Lipinski definition) is 0. The smallest absolute Gasteiger partial charge is 0.155 e. The summed E-state index contributed by atoms with van der Waals surface area (Å²) in [7, 11) is 0. The lowest BCUT2D eigenvalue weighted by Crippen LogP contribution is -2.02. The number of Topliss-reactive ketones (excluding diaryl/α,β-unsaturated/α-hetero) is 1. The Kier molecular flexibility index (Phi) is 3.01. The van der Waals surface area contributed by atoms with E-state index in [-0.39, 0.29) is 11.7 Å². The first-order valence-corrected chi connectivity index (χ1v) is 2.59. The summed E-state index contributed by atoms with van der Waals surface area (Å²) >= 11 is 5.07. The molecule has 41 valence electrons. The monoisotopic (exact) mass is 119 g/mol. The molecule has 0 saturated carbocycles. The standard InChI is InChI=1S/C5H8ClO/c1-4(2)5(7)3-6/h3-4H,1-2H3. The summed E-state index contributed by atoms with van der Waals surface area (Å²) in [4.78, 5) is 10.3. The maximum absolute atomic E-state index is 10.3. The Morgan fingerprint density at radius 2 is 2.14 bits per heavy atom. The van der Waals surface area contributed by atoms with Gasteiger partial charge in [-0.15, -0.1) is 11.6 Å². The van der Waals surface area contributed by atoms with Gasteiger partial charge in [-0.05, 0) is 0 Å². The van der Waals surface area contributed by atoms with Crippen LogP contribution < -0.4 is 0 Å². The molecular formula is C5H8ClO. The van der Waals surface area contributed by atoms with Gasteiger partial charge in [0.2, 0.25) is 0 Å². The van der Waals surface area contributed by atoms with Crippen molar-refractivity contribution in [1.82, 2.24) is 0 Å². The van der Waals surface area contributed by atoms with Crippen molar-refractivity contribution >= 4 is 17.4 Å². The molecular weight excluding hydrogens is 112 g/mol. The minimum atomic E-state index is -0.0123. The zero-order valence-electron chi connectivity index (χ0n) is 4.44. The van der Waals surface area contributed by atoms with Gasteiger partial charge in [0.05, 0.1) is 0 Å². The number of halogens is 1. The molecule has 0 atom stereocenters. The van der Waals surface area contributed by atoms with Crippen LogP contribution in [0.1, 0.15) is 13.8 Å². The predicted octanol–water partition coefficient (Wildman–Crippen LogP) is 1.61. The van der Waals surface area contributed by atoms with Crippen molar-refractivity contribution < 1.29 is 4.79 Å². The molecule has 2 heteroatoms. The van der Waals surface area contributed by atoms with Crippen molar-refractivity contribution in [3.8, 4) is 0 Å². The lowest BCUT2D eigenvalue weighted by Gasteiger charge is -1.94. The van der Waals surface area contributed by atoms with E-state index in [0.29, 0.717) is 0 Å². The predicted molar refractivity (Wildman–Crippen MR) is 30.0 cm³/mol. The fraction of sp³-hybridized carbons (Fsp3) is 0.600. The molecule has 0 fully saturated rings. The fourth-order valence-electron chi connectivity index (χ4n) is 0.126. The van der Waals surface area contributed by atoms with E-state index < -0.39 is 0 Å². The average molecular weight is 120 g/mol. The number of ketones is 1. The topological polar surface area (TPSA) is 17.1 Å². The van der Waals surface area contributed by atoms with Crippen molar-refractivity contribution in [2.75, 3.05) is 0 Å². The average Bonchev–Trinajstić information content (AvgIpc) is 1.65. The second kappa shape index (κ2) is 3.03. The maximum Gasteiger partial charge on any atom is 0.155 e. The third kappa shape index (κ3) is 2.63. The van der Waals surface area contributed by atoms with Gasteiger partial charge in [0.1, 0.15) is 5.88 Å². The Morgan fingerprint density at radius 3 is 2.14 bits per heavy atom. The first-order valence-electron chi connectivity index (χ1n) is 2.15. The zero-order valence-corrected chi connectivity index (χ0v) is 5.20. The van der Waals surface area contributed by atoms with E-state index in [1.165, 1.54) is 0 Å². The molecule has 0 unspecified atom stereocenters. The molecule has 7 heavy (non-hydrogen) atoms. The van der Waals surface area contributed by atoms with Gasteiger partial charge in [-0.25, -0.2) is 0 Å². The zero-order chi connectivity index (χ0) is 5.86. The second-order valence-electron chi connectivity index (χ2n) is 1.67. The normalized spacial score (nSPS) is 9.71. The Balaban J connectivity index is 3.35. The summed E-state index contributed by atoms with van der Waals surface area (Å²) in [6.45, 7) is 3.61. The van der Waals surface area contributed by atoms with Crippen LogP contribution in [0.15, 0.2) is 0 Å². The first-order chi connectivity index (χ1) is 3.18. The highest BCUT2D eigenvalue weighted by Crippen LogP contribution is 1.98. The molecule has 0 N–H and O–H groups in total. The van der Waals surface area contributed by atoms with E-state index in [2.05, 4.69) is 0 Å². The maximum atomic E-state index is 10.3. The third-order valence-electron chi connectivity index (χ3n) is 0.677. The number of carbonyl (C=O) groups excluding carboxylic acids is 1. The van der Waals surface area contributed by atoms with Gasteiger partial charge in [0.25, 0.3) is 0 Å². The van der Waals surface area contributed by atoms with Crippen LogP contribution >= 0.6 is 11.6 Å². The quantitative estimate of drug-likeness (QED) is 0.540. The highest BCUT2D eigenvalue weighted by atomic mass is 35.5. The van der Waals surface area contributed by atoms with E-state index in [1.807, 2.05) is 0 Å². The Labute approximate surface area is 48.7 Å². The van der Waals surface area contributed by atoms with Crippen LogP contribution in [0.3, 0.4) is 0 Å². The van der Waals surface area contributed by atoms with E-state index in [9.17, 15) is 4.79 Å². The molecule has 0 saturated heterocycles. The fourth-order valence-corrected chi connectivity index (χ4v) is 0.378. The Bertz CT molecular complexity index is 68.5. The van der Waals surface area contributed by atoms with Gasteiger partial charge >= 0.3 is 0 Å². The Hall–Kier alpha value is -0.0400. The van der Waals surface area contributed by atoms with E-state index >= 15 is 0 Å². The van der Waals surface area contributed by atoms with Crippen LogP contribution in [0.2, 0.25) is 0 Å². The SMILES string of the molecule is CC(C)C(=O)[CH]Cl. The molecule has 0 spiro atoms. The van der Waals surface area contributed by atoms with E-state index in [4.69, 9.17) is 11.6 Å². The molecule has 0 amide bonds. The molecule has 0 aromatic rings. The summed E-state index contributed by atoms with van der Waals surface area (Å²) in [5, 5.41) is 0. The van der Waals surface area contributed by atoms with Gasteiger partial charge in [-0.2, -0.15) is 0 Å². The van der Waals surface area contributed by atoms with Crippen LogP contribution in [0.4, 0.5) is 0 Å². The number of rotatable bonds is 2. The molecule has 0 rings (SSSR count). The number of hydrogen-bond acceptors (Lipinski definition) is 1. The van der Waals surface area contributed by atoms with Crippen molar-refractivity contribution in [3.63, 3.8) is 0 Å². The molecule has 0 aromatic heterocycles. The highest BCUT2D eigenvalue weighted by molar-refractivity contribution is 6.34. The van der Waals surface area contributed by atoms with Crippen molar-refractivity contribution in [1.29, 1.82) is 0 Å². The molecule has 1 nitrogen and oxygen atoms in total. The molecule has 0 bridgehead atoms. The van der Waals surface area contributed by atoms with Gasteiger partial charge in [-0.3, -0.25) is 4.79 Å². The van der Waals surface area contributed by atoms with Gasteiger partial charge in [-0.1, -0.05) is 13.8 Å². The minimum absolute atomic E-state index is 0.0123. The summed E-state index contributed by atoms with van der Waals surface area (Å²) in [6.07, 6.45) is 0. The van der Waals surface area contributed by atoms with Crippen LogP contribution in [0, 0.1) is 11.8 Å². The molecule has 0 aliphatic carbocycles. The van der Waals surface area contributed by atoms with Crippen LogP contribution in [-0.4, -0.2) is 5.78 Å². The number of carbonyl (C=O) groups is 1. The largest absolute Gasteiger partial charge is 0.298 e. The molecule has 0 aliphatic rings. The Morgan fingerprint density at radius 1 is 1.71 bits per heavy atom. The lowest BCUT2D eigenvalue weighted by molar-refractivity contribution is -0.117. The van der Waals surface area contributed by atoms with E-state index in [0.717, 1.165) is 5.88 Å².